The fourth-order valence-electron chi connectivity index (χ4n) is 2.00. The standard InChI is InChI=1S/C18H16Cl2O3/c1-12-3-7-17(22-2)14(9-12)11-23-18(21)8-5-13-4-6-15(19)16(20)10-13/h3-10H,11H2,1-2H3/b8-5+. The third-order valence-corrected chi connectivity index (χ3v) is 3.90. The third kappa shape index (κ3) is 5.02. The predicted octanol–water partition coefficient (Wildman–Crippen LogP) is 5.07. The SMILES string of the molecule is COc1ccc(C)cc1COC(=O)/C=C/c1ccc(Cl)c(Cl)c1. The molecule has 0 saturated heterocycles. The van der Waals surface area contributed by atoms with Gasteiger partial charge in [-0.05, 0) is 42.8 Å². The first-order chi connectivity index (χ1) is 11.0. The molecule has 0 aliphatic carbocycles. The average molecular weight is 351 g/mol. The molecule has 5 heteroatoms. The van der Waals surface area contributed by atoms with Crippen molar-refractivity contribution >= 4 is 35.2 Å². The van der Waals surface area contributed by atoms with E-state index >= 15 is 0 Å². The summed E-state index contributed by atoms with van der Waals surface area (Å²) in [7, 11) is 1.58. The highest BCUT2D eigenvalue weighted by Gasteiger charge is 2.06. The van der Waals surface area contributed by atoms with E-state index in [0.717, 1.165) is 16.7 Å². The molecule has 0 atom stereocenters. The Morgan fingerprint density at radius 1 is 1.13 bits per heavy atom. The number of carbonyl (C=O) groups is 1. The molecule has 23 heavy (non-hydrogen) atoms. The average Bonchev–Trinajstić information content (AvgIpc) is 2.54. The van der Waals surface area contributed by atoms with E-state index in [4.69, 9.17) is 32.7 Å². The van der Waals surface area contributed by atoms with Crippen LogP contribution < -0.4 is 4.74 Å². The molecule has 0 spiro atoms. The first-order valence-electron chi connectivity index (χ1n) is 6.93. The molecule has 2 aromatic rings. The molecule has 0 aromatic heterocycles. The van der Waals surface area contributed by atoms with Gasteiger partial charge in [0.25, 0.3) is 0 Å². The summed E-state index contributed by atoms with van der Waals surface area (Å²) in [5.74, 6) is 0.247. The fraction of sp³-hybridized carbons (Fsp3) is 0.167. The van der Waals surface area contributed by atoms with Crippen LogP contribution in [0.25, 0.3) is 6.08 Å². The molecule has 0 heterocycles. The molecular formula is C18H16Cl2O3. The lowest BCUT2D eigenvalue weighted by Gasteiger charge is -2.09. The summed E-state index contributed by atoms with van der Waals surface area (Å²) in [6.07, 6.45) is 2.97. The van der Waals surface area contributed by atoms with E-state index in [1.54, 1.807) is 31.4 Å². The lowest BCUT2D eigenvalue weighted by atomic mass is 10.1. The molecule has 120 valence electrons. The van der Waals surface area contributed by atoms with E-state index in [1.165, 1.54) is 6.08 Å². The molecule has 3 nitrogen and oxygen atoms in total. The normalized spacial score (nSPS) is 10.8. The van der Waals surface area contributed by atoms with Crippen LogP contribution in [0.3, 0.4) is 0 Å². The molecule has 0 aliphatic heterocycles. The van der Waals surface area contributed by atoms with Gasteiger partial charge < -0.3 is 9.47 Å². The molecule has 0 aliphatic rings. The Balaban J connectivity index is 1.98. The predicted molar refractivity (Wildman–Crippen MR) is 93.0 cm³/mol. The van der Waals surface area contributed by atoms with Gasteiger partial charge >= 0.3 is 5.97 Å². The van der Waals surface area contributed by atoms with E-state index in [9.17, 15) is 4.79 Å². The lowest BCUT2D eigenvalue weighted by molar-refractivity contribution is -0.138. The van der Waals surface area contributed by atoms with Crippen LogP contribution in [0.2, 0.25) is 10.0 Å². The van der Waals surface area contributed by atoms with Crippen LogP contribution in [-0.2, 0) is 16.1 Å². The molecule has 0 unspecified atom stereocenters. The van der Waals surface area contributed by atoms with Crippen LogP contribution in [0, 0.1) is 6.92 Å². The van der Waals surface area contributed by atoms with E-state index in [0.29, 0.717) is 15.8 Å². The van der Waals surface area contributed by atoms with E-state index in [-0.39, 0.29) is 6.61 Å². The monoisotopic (exact) mass is 350 g/mol. The molecule has 2 aromatic carbocycles. The summed E-state index contributed by atoms with van der Waals surface area (Å²) in [5.41, 5.74) is 2.66. The Kier molecular flexibility index (Phi) is 6.08. The quantitative estimate of drug-likeness (QED) is 0.557. The van der Waals surface area contributed by atoms with Crippen molar-refractivity contribution in [3.05, 3.63) is 69.2 Å². The van der Waals surface area contributed by atoms with Gasteiger partial charge in [0, 0.05) is 11.6 Å². The molecule has 0 amide bonds. The van der Waals surface area contributed by atoms with Crippen LogP contribution >= 0.6 is 23.2 Å². The minimum absolute atomic E-state index is 0.148. The summed E-state index contributed by atoms with van der Waals surface area (Å²) in [5, 5.41) is 0.907. The van der Waals surface area contributed by atoms with Gasteiger partial charge in [0.2, 0.25) is 0 Å². The summed E-state index contributed by atoms with van der Waals surface area (Å²) < 4.78 is 10.5. The van der Waals surface area contributed by atoms with E-state index in [1.807, 2.05) is 25.1 Å². The van der Waals surface area contributed by atoms with Gasteiger partial charge in [0.05, 0.1) is 17.2 Å². The van der Waals surface area contributed by atoms with Crippen molar-refractivity contribution in [2.75, 3.05) is 7.11 Å². The summed E-state index contributed by atoms with van der Waals surface area (Å²) in [6.45, 7) is 2.12. The number of esters is 1. The van der Waals surface area contributed by atoms with Crippen LogP contribution in [0.1, 0.15) is 16.7 Å². The number of halogens is 2. The maximum atomic E-state index is 11.8. The molecule has 0 radical (unpaired) electrons. The molecule has 0 fully saturated rings. The van der Waals surface area contributed by atoms with Gasteiger partial charge in [-0.1, -0.05) is 40.9 Å². The van der Waals surface area contributed by atoms with Crippen molar-refractivity contribution in [1.29, 1.82) is 0 Å². The van der Waals surface area contributed by atoms with Crippen molar-refractivity contribution in [3.8, 4) is 5.75 Å². The van der Waals surface area contributed by atoms with Crippen molar-refractivity contribution in [2.24, 2.45) is 0 Å². The van der Waals surface area contributed by atoms with Gasteiger partial charge in [-0.15, -0.1) is 0 Å². The van der Waals surface area contributed by atoms with Crippen LogP contribution in [0.4, 0.5) is 0 Å². The number of hydrogen-bond acceptors (Lipinski definition) is 3. The summed E-state index contributed by atoms with van der Waals surface area (Å²) in [4.78, 5) is 11.8. The maximum absolute atomic E-state index is 11.8. The second-order valence-electron chi connectivity index (χ2n) is 4.93. The minimum atomic E-state index is -0.445. The fourth-order valence-corrected chi connectivity index (χ4v) is 2.30. The van der Waals surface area contributed by atoms with E-state index < -0.39 is 5.97 Å². The number of hydrogen-bond donors (Lipinski definition) is 0. The smallest absolute Gasteiger partial charge is 0.331 e. The first kappa shape index (κ1) is 17.4. The van der Waals surface area contributed by atoms with Gasteiger partial charge in [0.1, 0.15) is 12.4 Å². The van der Waals surface area contributed by atoms with Crippen molar-refractivity contribution in [1.82, 2.24) is 0 Å². The topological polar surface area (TPSA) is 35.5 Å². The number of benzene rings is 2. The molecule has 0 N–H and O–H groups in total. The number of aryl methyl sites for hydroxylation is 1. The summed E-state index contributed by atoms with van der Waals surface area (Å²) >= 11 is 11.8. The van der Waals surface area contributed by atoms with Gasteiger partial charge in [-0.25, -0.2) is 4.79 Å². The Morgan fingerprint density at radius 3 is 2.61 bits per heavy atom. The highest BCUT2D eigenvalue weighted by molar-refractivity contribution is 6.42. The van der Waals surface area contributed by atoms with Gasteiger partial charge in [-0.2, -0.15) is 0 Å². The second kappa shape index (κ2) is 8.04. The number of carbonyl (C=O) groups excluding carboxylic acids is 1. The molecule has 0 saturated carbocycles. The van der Waals surface area contributed by atoms with Gasteiger partial charge in [-0.3, -0.25) is 0 Å². The number of ether oxygens (including phenoxy) is 2. The first-order valence-corrected chi connectivity index (χ1v) is 7.68. The molecular weight excluding hydrogens is 335 g/mol. The second-order valence-corrected chi connectivity index (χ2v) is 5.74. The largest absolute Gasteiger partial charge is 0.496 e. The van der Waals surface area contributed by atoms with Crippen molar-refractivity contribution < 1.29 is 14.3 Å². The van der Waals surface area contributed by atoms with Crippen molar-refractivity contribution in [2.45, 2.75) is 13.5 Å². The highest BCUT2D eigenvalue weighted by Crippen LogP contribution is 2.23. The Bertz CT molecular complexity index is 739. The molecule has 2 rings (SSSR count). The van der Waals surface area contributed by atoms with Crippen molar-refractivity contribution in [3.63, 3.8) is 0 Å². The zero-order valence-corrected chi connectivity index (χ0v) is 14.3. The number of methoxy groups -OCH3 is 1. The number of rotatable bonds is 5. The summed E-state index contributed by atoms with van der Waals surface area (Å²) in [6, 6.07) is 10.8. The molecule has 0 bridgehead atoms. The third-order valence-electron chi connectivity index (χ3n) is 3.16. The zero-order chi connectivity index (χ0) is 16.8. The van der Waals surface area contributed by atoms with Crippen LogP contribution in [-0.4, -0.2) is 13.1 Å². The van der Waals surface area contributed by atoms with Crippen LogP contribution in [0.5, 0.6) is 5.75 Å². The highest BCUT2D eigenvalue weighted by atomic mass is 35.5. The van der Waals surface area contributed by atoms with E-state index in [2.05, 4.69) is 0 Å². The van der Waals surface area contributed by atoms with Crippen LogP contribution in [0.15, 0.2) is 42.5 Å². The lowest BCUT2D eigenvalue weighted by Crippen LogP contribution is -2.02. The van der Waals surface area contributed by atoms with Gasteiger partial charge in [0.15, 0.2) is 0 Å². The zero-order valence-electron chi connectivity index (χ0n) is 12.8. The maximum Gasteiger partial charge on any atom is 0.331 e. The Hall–Kier alpha value is -1.97. The minimum Gasteiger partial charge on any atom is -0.496 e. The Labute approximate surface area is 145 Å². The Morgan fingerprint density at radius 2 is 1.91 bits per heavy atom.